The van der Waals surface area contributed by atoms with Gasteiger partial charge >= 0.3 is 6.03 Å². The molecule has 0 bridgehead atoms. The molecule has 2 amide bonds. The molecule has 0 spiro atoms. The predicted molar refractivity (Wildman–Crippen MR) is 77.8 cm³/mol. The number of hydrogen-bond acceptors (Lipinski definition) is 2. The highest BCUT2D eigenvalue weighted by molar-refractivity contribution is 5.74. The highest BCUT2D eigenvalue weighted by Crippen LogP contribution is 2.22. The Morgan fingerprint density at radius 2 is 1.79 bits per heavy atom. The van der Waals surface area contributed by atoms with Crippen LogP contribution in [-0.2, 0) is 0 Å². The average Bonchev–Trinajstić information content (AvgIpc) is 2.30. The summed E-state index contributed by atoms with van der Waals surface area (Å²) < 4.78 is 5.69. The number of rotatable bonds is 5. The molecule has 4 nitrogen and oxygen atoms in total. The second kappa shape index (κ2) is 7.02. The summed E-state index contributed by atoms with van der Waals surface area (Å²) in [5.41, 5.74) is 3.60. The maximum Gasteiger partial charge on any atom is 0.315 e. The molecule has 1 aromatic rings. The minimum absolute atomic E-state index is 0.142. The van der Waals surface area contributed by atoms with Gasteiger partial charge in [-0.3, -0.25) is 0 Å². The molecule has 0 atom stereocenters. The fourth-order valence-electron chi connectivity index (χ4n) is 1.73. The van der Waals surface area contributed by atoms with Gasteiger partial charge in [0.2, 0.25) is 0 Å². The van der Waals surface area contributed by atoms with E-state index in [1.165, 1.54) is 11.1 Å². The van der Waals surface area contributed by atoms with Gasteiger partial charge in [0, 0.05) is 6.04 Å². The third-order valence-electron chi connectivity index (χ3n) is 2.86. The van der Waals surface area contributed by atoms with Gasteiger partial charge in [-0.1, -0.05) is 6.07 Å². The molecule has 2 N–H and O–H groups in total. The van der Waals surface area contributed by atoms with Crippen LogP contribution in [0.25, 0.3) is 0 Å². The molecule has 4 heteroatoms. The Labute approximate surface area is 115 Å². The van der Waals surface area contributed by atoms with E-state index < -0.39 is 0 Å². The van der Waals surface area contributed by atoms with E-state index in [2.05, 4.69) is 30.5 Å². The van der Waals surface area contributed by atoms with Gasteiger partial charge in [0.1, 0.15) is 12.4 Å². The molecular weight excluding hydrogens is 240 g/mol. The van der Waals surface area contributed by atoms with Crippen LogP contribution in [0.4, 0.5) is 4.79 Å². The number of carbonyl (C=O) groups is 1. The number of amides is 2. The molecule has 0 saturated heterocycles. The molecule has 106 valence electrons. The van der Waals surface area contributed by atoms with Crippen LogP contribution in [0.1, 0.15) is 30.5 Å². The van der Waals surface area contributed by atoms with Gasteiger partial charge in [-0.15, -0.1) is 0 Å². The summed E-state index contributed by atoms with van der Waals surface area (Å²) in [5, 5.41) is 5.52. The zero-order valence-electron chi connectivity index (χ0n) is 12.5. The van der Waals surface area contributed by atoms with Gasteiger partial charge in [-0.2, -0.15) is 0 Å². The first-order valence-corrected chi connectivity index (χ1v) is 6.65. The maximum absolute atomic E-state index is 11.4. The molecular formula is C15H24N2O2. The minimum atomic E-state index is -0.157. The number of hydrogen-bond donors (Lipinski definition) is 2. The largest absolute Gasteiger partial charge is 0.491 e. The van der Waals surface area contributed by atoms with E-state index in [-0.39, 0.29) is 12.1 Å². The second-order valence-corrected chi connectivity index (χ2v) is 5.11. The van der Waals surface area contributed by atoms with E-state index in [1.807, 2.05) is 26.8 Å². The van der Waals surface area contributed by atoms with Crippen molar-refractivity contribution < 1.29 is 9.53 Å². The van der Waals surface area contributed by atoms with E-state index in [0.717, 1.165) is 11.3 Å². The Hall–Kier alpha value is -1.71. The van der Waals surface area contributed by atoms with E-state index in [1.54, 1.807) is 0 Å². The van der Waals surface area contributed by atoms with Crippen molar-refractivity contribution in [1.82, 2.24) is 10.6 Å². The number of benzene rings is 1. The van der Waals surface area contributed by atoms with Gasteiger partial charge in [-0.25, -0.2) is 4.79 Å². The van der Waals surface area contributed by atoms with Crippen LogP contribution >= 0.6 is 0 Å². The van der Waals surface area contributed by atoms with E-state index >= 15 is 0 Å². The van der Waals surface area contributed by atoms with E-state index in [4.69, 9.17) is 4.74 Å². The van der Waals surface area contributed by atoms with Crippen molar-refractivity contribution in [3.8, 4) is 5.75 Å². The van der Waals surface area contributed by atoms with Crippen molar-refractivity contribution in [3.05, 3.63) is 28.8 Å². The van der Waals surface area contributed by atoms with Crippen LogP contribution in [0.15, 0.2) is 12.1 Å². The number of ether oxygens (including phenoxy) is 1. The summed E-state index contributed by atoms with van der Waals surface area (Å²) in [7, 11) is 0. The van der Waals surface area contributed by atoms with Crippen molar-refractivity contribution in [2.75, 3.05) is 13.2 Å². The number of urea groups is 1. The van der Waals surface area contributed by atoms with Crippen LogP contribution in [0, 0.1) is 20.8 Å². The highest BCUT2D eigenvalue weighted by atomic mass is 16.5. The molecule has 0 aliphatic rings. The zero-order valence-corrected chi connectivity index (χ0v) is 12.5. The van der Waals surface area contributed by atoms with Gasteiger partial charge in [0.25, 0.3) is 0 Å². The molecule has 0 aliphatic heterocycles. The summed E-state index contributed by atoms with van der Waals surface area (Å²) in [6, 6.07) is 4.14. The highest BCUT2D eigenvalue weighted by Gasteiger charge is 2.04. The number of carbonyl (C=O) groups excluding carboxylic acids is 1. The summed E-state index contributed by atoms with van der Waals surface area (Å²) in [6.07, 6.45) is 0. The van der Waals surface area contributed by atoms with Crippen LogP contribution in [0.5, 0.6) is 5.75 Å². The monoisotopic (exact) mass is 264 g/mol. The Bertz CT molecular complexity index is 442. The quantitative estimate of drug-likeness (QED) is 0.803. The molecule has 1 rings (SSSR count). The normalized spacial score (nSPS) is 10.4. The Kier molecular flexibility index (Phi) is 5.67. The molecule has 0 fully saturated rings. The second-order valence-electron chi connectivity index (χ2n) is 5.11. The van der Waals surface area contributed by atoms with Crippen LogP contribution in [-0.4, -0.2) is 25.2 Å². The van der Waals surface area contributed by atoms with Crippen molar-refractivity contribution in [3.63, 3.8) is 0 Å². The summed E-state index contributed by atoms with van der Waals surface area (Å²) in [4.78, 5) is 11.4. The minimum Gasteiger partial charge on any atom is -0.491 e. The Morgan fingerprint density at radius 1 is 1.16 bits per heavy atom. The van der Waals surface area contributed by atoms with Gasteiger partial charge < -0.3 is 15.4 Å². The van der Waals surface area contributed by atoms with Crippen LogP contribution < -0.4 is 15.4 Å². The standard InChI is InChI=1S/C15H24N2O2/c1-10(2)17-15(18)16-6-7-19-14-9-12(4)11(3)8-13(14)5/h8-10H,6-7H2,1-5H3,(H2,16,17,18). The van der Waals surface area contributed by atoms with E-state index in [9.17, 15) is 4.79 Å². The van der Waals surface area contributed by atoms with Crippen molar-refractivity contribution >= 4 is 6.03 Å². The summed E-state index contributed by atoms with van der Waals surface area (Å²) in [6.45, 7) is 11.0. The molecule has 0 heterocycles. The molecule has 19 heavy (non-hydrogen) atoms. The summed E-state index contributed by atoms with van der Waals surface area (Å²) >= 11 is 0. The van der Waals surface area contributed by atoms with Gasteiger partial charge in [0.05, 0.1) is 6.54 Å². The van der Waals surface area contributed by atoms with Crippen LogP contribution in [0.2, 0.25) is 0 Å². The van der Waals surface area contributed by atoms with Gasteiger partial charge in [-0.05, 0) is 57.4 Å². The van der Waals surface area contributed by atoms with Crippen molar-refractivity contribution in [2.24, 2.45) is 0 Å². The fraction of sp³-hybridized carbons (Fsp3) is 0.533. The molecule has 0 radical (unpaired) electrons. The lowest BCUT2D eigenvalue weighted by molar-refractivity contribution is 0.234. The first kappa shape index (κ1) is 15.3. The Morgan fingerprint density at radius 3 is 2.42 bits per heavy atom. The predicted octanol–water partition coefficient (Wildman–Crippen LogP) is 2.70. The van der Waals surface area contributed by atoms with E-state index in [0.29, 0.717) is 13.2 Å². The number of nitrogens with one attached hydrogen (secondary N) is 2. The summed E-state index contributed by atoms with van der Waals surface area (Å²) in [5.74, 6) is 0.883. The average molecular weight is 264 g/mol. The third kappa shape index (κ3) is 5.20. The maximum atomic E-state index is 11.4. The third-order valence-corrected chi connectivity index (χ3v) is 2.86. The zero-order chi connectivity index (χ0) is 14.4. The first-order valence-electron chi connectivity index (χ1n) is 6.65. The van der Waals surface area contributed by atoms with Crippen molar-refractivity contribution in [2.45, 2.75) is 40.7 Å². The SMILES string of the molecule is Cc1cc(C)c(OCCNC(=O)NC(C)C)cc1C. The molecule has 0 saturated carbocycles. The molecule has 0 aliphatic carbocycles. The van der Waals surface area contributed by atoms with Crippen molar-refractivity contribution in [1.29, 1.82) is 0 Å². The lowest BCUT2D eigenvalue weighted by Crippen LogP contribution is -2.41. The smallest absolute Gasteiger partial charge is 0.315 e. The lowest BCUT2D eigenvalue weighted by Gasteiger charge is -2.13. The molecule has 0 aromatic heterocycles. The van der Waals surface area contributed by atoms with Gasteiger partial charge in [0.15, 0.2) is 0 Å². The molecule has 0 unspecified atom stereocenters. The first-order chi connectivity index (χ1) is 8.90. The lowest BCUT2D eigenvalue weighted by atomic mass is 10.1. The Balaban J connectivity index is 2.38. The fourth-order valence-corrected chi connectivity index (χ4v) is 1.73. The molecule has 1 aromatic carbocycles. The van der Waals surface area contributed by atoms with Crippen LogP contribution in [0.3, 0.4) is 0 Å². The topological polar surface area (TPSA) is 50.4 Å². The number of aryl methyl sites for hydroxylation is 3.